The molecule has 0 fully saturated rings. The van der Waals surface area contributed by atoms with Gasteiger partial charge in [0.2, 0.25) is 0 Å². The van der Waals surface area contributed by atoms with E-state index < -0.39 is 31.5 Å². The van der Waals surface area contributed by atoms with Crippen LogP contribution in [0.2, 0.25) is 10.0 Å². The Hall–Kier alpha value is -4.85. The molecule has 0 aromatic heterocycles. The van der Waals surface area contributed by atoms with Crippen LogP contribution >= 0.6 is 23.2 Å². The Morgan fingerprint density at radius 1 is 1.02 bits per heavy atom. The van der Waals surface area contributed by atoms with Gasteiger partial charge in [-0.3, -0.25) is 20.3 Å². The van der Waals surface area contributed by atoms with Gasteiger partial charge in [-0.05, 0) is 60.2 Å². The van der Waals surface area contributed by atoms with E-state index in [0.29, 0.717) is 27.1 Å². The topological polar surface area (TPSA) is 169 Å². The minimum Gasteiger partial charge on any atom is -0.493 e. The van der Waals surface area contributed by atoms with Crippen LogP contribution in [0.3, 0.4) is 0 Å². The number of nitro benzene ring substituents is 1. The van der Waals surface area contributed by atoms with Crippen LogP contribution in [0.15, 0.2) is 88.9 Å². The molecule has 0 aliphatic heterocycles. The Bertz CT molecular complexity index is 1830. The number of carboxylic acid groups (broad SMARTS) is 1. The lowest BCUT2D eigenvalue weighted by atomic mass is 10.2. The van der Waals surface area contributed by atoms with Crippen LogP contribution < -0.4 is 19.6 Å². The van der Waals surface area contributed by atoms with Crippen LogP contribution in [-0.2, 0) is 16.6 Å². The number of nitro groups is 1. The highest BCUT2D eigenvalue weighted by atomic mass is 35.5. The predicted octanol–water partition coefficient (Wildman–Crippen LogP) is 6.43. The van der Waals surface area contributed by atoms with E-state index in [9.17, 15) is 28.4 Å². The minimum absolute atomic E-state index is 0.0853. The smallest absolute Gasteiger partial charge is 0.337 e. The van der Waals surface area contributed by atoms with Crippen molar-refractivity contribution in [2.45, 2.75) is 11.5 Å². The number of para-hydroxylation sites is 1. The third-order valence-electron chi connectivity index (χ3n) is 5.86. The van der Waals surface area contributed by atoms with E-state index in [1.807, 2.05) is 0 Å². The third-order valence-corrected chi connectivity index (χ3v) is 7.81. The van der Waals surface area contributed by atoms with Crippen molar-refractivity contribution in [3.8, 4) is 11.5 Å². The second-order valence-corrected chi connectivity index (χ2v) is 11.2. The van der Waals surface area contributed by atoms with Gasteiger partial charge in [-0.2, -0.15) is 5.10 Å². The SMILES string of the molecule is COc1cc(/C=N/Nc2ccc(S(=O)(=O)Nc3ccccc3C(=O)O)cc2[N+](=O)[O-])ccc1OCc1ccc(Cl)cc1Cl. The van der Waals surface area contributed by atoms with E-state index in [1.54, 1.807) is 36.4 Å². The van der Waals surface area contributed by atoms with E-state index in [-0.39, 0.29) is 23.5 Å². The lowest BCUT2D eigenvalue weighted by Crippen LogP contribution is -2.16. The number of carboxylic acids is 1. The number of hydrogen-bond donors (Lipinski definition) is 3. The molecule has 0 aliphatic rings. The zero-order chi connectivity index (χ0) is 31.1. The number of rotatable bonds is 12. The molecule has 0 radical (unpaired) electrons. The van der Waals surface area contributed by atoms with E-state index in [2.05, 4.69) is 15.2 Å². The summed E-state index contributed by atoms with van der Waals surface area (Å²) in [7, 11) is -2.90. The zero-order valence-corrected chi connectivity index (χ0v) is 24.5. The fourth-order valence-corrected chi connectivity index (χ4v) is 5.30. The number of nitrogens with one attached hydrogen (secondary N) is 2. The van der Waals surface area contributed by atoms with E-state index in [4.69, 9.17) is 32.7 Å². The summed E-state index contributed by atoms with van der Waals surface area (Å²) in [5, 5.41) is 26.0. The average Bonchev–Trinajstić information content (AvgIpc) is 2.97. The second kappa shape index (κ2) is 13.4. The van der Waals surface area contributed by atoms with Gasteiger partial charge < -0.3 is 14.6 Å². The number of benzene rings is 4. The molecule has 4 aromatic carbocycles. The summed E-state index contributed by atoms with van der Waals surface area (Å²) >= 11 is 12.1. The minimum atomic E-state index is -4.37. The van der Waals surface area contributed by atoms with Gasteiger partial charge in [-0.1, -0.05) is 41.4 Å². The predicted molar refractivity (Wildman–Crippen MR) is 162 cm³/mol. The quantitative estimate of drug-likeness (QED) is 0.0892. The molecule has 12 nitrogen and oxygen atoms in total. The zero-order valence-electron chi connectivity index (χ0n) is 22.2. The van der Waals surface area contributed by atoms with Gasteiger partial charge in [0.05, 0.1) is 34.4 Å². The first-order valence-electron chi connectivity index (χ1n) is 12.2. The first kappa shape index (κ1) is 31.1. The van der Waals surface area contributed by atoms with Gasteiger partial charge in [0.15, 0.2) is 11.5 Å². The van der Waals surface area contributed by atoms with Crippen molar-refractivity contribution in [2.24, 2.45) is 5.10 Å². The van der Waals surface area contributed by atoms with E-state index >= 15 is 0 Å². The van der Waals surface area contributed by atoms with Crippen molar-refractivity contribution in [1.82, 2.24) is 0 Å². The number of halogens is 2. The summed E-state index contributed by atoms with van der Waals surface area (Å²) in [5.41, 5.74) is 2.70. The van der Waals surface area contributed by atoms with Crippen LogP contribution in [0.4, 0.5) is 17.1 Å². The fourth-order valence-electron chi connectivity index (χ4n) is 3.74. The third kappa shape index (κ3) is 7.71. The molecule has 3 N–H and O–H groups in total. The van der Waals surface area contributed by atoms with Crippen molar-refractivity contribution in [3.63, 3.8) is 0 Å². The van der Waals surface area contributed by atoms with Crippen molar-refractivity contribution in [2.75, 3.05) is 17.3 Å². The van der Waals surface area contributed by atoms with Gasteiger partial charge in [0.25, 0.3) is 15.7 Å². The largest absolute Gasteiger partial charge is 0.493 e. The van der Waals surface area contributed by atoms with Crippen LogP contribution in [0.25, 0.3) is 0 Å². The van der Waals surface area contributed by atoms with Crippen LogP contribution in [0.5, 0.6) is 11.5 Å². The number of hydrogen-bond acceptors (Lipinski definition) is 9. The maximum atomic E-state index is 12.9. The Labute approximate surface area is 255 Å². The number of ether oxygens (including phenoxy) is 2. The molecule has 0 spiro atoms. The molecule has 0 amide bonds. The molecule has 222 valence electrons. The van der Waals surface area contributed by atoms with Crippen molar-refractivity contribution >= 4 is 62.5 Å². The lowest BCUT2D eigenvalue weighted by Gasteiger charge is -2.12. The molecule has 0 atom stereocenters. The number of anilines is 2. The van der Waals surface area contributed by atoms with Gasteiger partial charge in [-0.15, -0.1) is 0 Å². The van der Waals surface area contributed by atoms with Crippen molar-refractivity contribution < 1.29 is 32.7 Å². The summed E-state index contributed by atoms with van der Waals surface area (Å²) in [5.74, 6) is -0.512. The molecule has 0 saturated carbocycles. The van der Waals surface area contributed by atoms with E-state index in [1.165, 1.54) is 43.7 Å². The summed E-state index contributed by atoms with van der Waals surface area (Å²) in [6.07, 6.45) is 1.38. The molecule has 0 aliphatic carbocycles. The van der Waals surface area contributed by atoms with Gasteiger partial charge >= 0.3 is 5.97 Å². The second-order valence-electron chi connectivity index (χ2n) is 8.70. The fraction of sp³-hybridized carbons (Fsp3) is 0.0714. The Morgan fingerprint density at radius 2 is 1.79 bits per heavy atom. The highest BCUT2D eigenvalue weighted by Crippen LogP contribution is 2.31. The van der Waals surface area contributed by atoms with Crippen LogP contribution in [0.1, 0.15) is 21.5 Å². The molecular formula is C28H22Cl2N4O8S. The average molecular weight is 645 g/mol. The number of carbonyl (C=O) groups is 1. The number of nitrogens with zero attached hydrogens (tertiary/aromatic N) is 2. The van der Waals surface area contributed by atoms with Gasteiger partial charge in [0.1, 0.15) is 12.3 Å². The Kier molecular flexibility index (Phi) is 9.70. The van der Waals surface area contributed by atoms with Crippen molar-refractivity contribution in [3.05, 3.63) is 116 Å². The van der Waals surface area contributed by atoms with Crippen LogP contribution in [0, 0.1) is 10.1 Å². The van der Waals surface area contributed by atoms with Crippen LogP contribution in [-0.4, -0.2) is 37.7 Å². The van der Waals surface area contributed by atoms with Crippen molar-refractivity contribution in [1.29, 1.82) is 0 Å². The number of hydrazone groups is 1. The maximum Gasteiger partial charge on any atom is 0.337 e. The molecule has 4 rings (SSSR count). The number of aromatic carboxylic acids is 1. The highest BCUT2D eigenvalue weighted by Gasteiger charge is 2.23. The lowest BCUT2D eigenvalue weighted by molar-refractivity contribution is -0.384. The Balaban J connectivity index is 1.49. The molecule has 0 saturated heterocycles. The summed E-state index contributed by atoms with van der Waals surface area (Å²) < 4.78 is 39.2. The molecule has 0 unspecified atom stereocenters. The molecule has 0 bridgehead atoms. The standard InChI is InChI=1S/C28H22Cl2N4O8S/c1-41-27-12-17(6-11-26(27)42-16-18-7-8-19(29)13-22(18)30)15-31-32-24-10-9-20(14-25(24)34(37)38)43(39,40)33-23-5-3-2-4-21(23)28(35)36/h2-15,32-33H,16H2,1H3,(H,35,36)/b31-15+. The number of sulfonamides is 1. The van der Waals surface area contributed by atoms with E-state index in [0.717, 1.165) is 17.7 Å². The first-order chi connectivity index (χ1) is 20.5. The highest BCUT2D eigenvalue weighted by molar-refractivity contribution is 7.92. The Morgan fingerprint density at radius 3 is 2.49 bits per heavy atom. The summed E-state index contributed by atoms with van der Waals surface area (Å²) in [4.78, 5) is 21.9. The maximum absolute atomic E-state index is 12.9. The summed E-state index contributed by atoms with van der Waals surface area (Å²) in [6, 6.07) is 18.5. The molecule has 15 heteroatoms. The molecule has 43 heavy (non-hydrogen) atoms. The van der Waals surface area contributed by atoms with Gasteiger partial charge in [0, 0.05) is 21.7 Å². The first-order valence-corrected chi connectivity index (χ1v) is 14.4. The normalized spacial score (nSPS) is 11.2. The molecule has 4 aromatic rings. The monoisotopic (exact) mass is 644 g/mol. The summed E-state index contributed by atoms with van der Waals surface area (Å²) in [6.45, 7) is 0.165. The number of methoxy groups -OCH3 is 1. The molecule has 0 heterocycles. The molecular weight excluding hydrogens is 623 g/mol. The van der Waals surface area contributed by atoms with Gasteiger partial charge in [-0.25, -0.2) is 13.2 Å².